The predicted octanol–water partition coefficient (Wildman–Crippen LogP) is 5.17. The van der Waals surface area contributed by atoms with Crippen LogP contribution < -0.4 is 0 Å². The van der Waals surface area contributed by atoms with Gasteiger partial charge in [0, 0.05) is 6.42 Å². The molecule has 0 aliphatic rings. The molecule has 15 heavy (non-hydrogen) atoms. The largest absolute Gasteiger partial charge is 0.512 e. The Morgan fingerprint density at radius 3 is 1.60 bits per heavy atom. The Balaban J connectivity index is 2.89. The van der Waals surface area contributed by atoms with Crippen LogP contribution in [0.5, 0.6) is 0 Å². The van der Waals surface area contributed by atoms with E-state index in [1.54, 1.807) is 0 Å². The maximum Gasteiger partial charge on any atom is 0.0923 e. The summed E-state index contributed by atoms with van der Waals surface area (Å²) in [6, 6.07) is 0. The summed E-state index contributed by atoms with van der Waals surface area (Å²) in [4.78, 5) is 0. The van der Waals surface area contributed by atoms with Crippen LogP contribution in [-0.4, -0.2) is 5.11 Å². The van der Waals surface area contributed by atoms with Gasteiger partial charge in [-0.05, 0) is 13.0 Å². The van der Waals surface area contributed by atoms with Gasteiger partial charge in [-0.2, -0.15) is 0 Å². The number of aliphatic hydroxyl groups is 1. The lowest BCUT2D eigenvalue weighted by Crippen LogP contribution is -1.83. The van der Waals surface area contributed by atoms with Gasteiger partial charge in [-0.3, -0.25) is 0 Å². The van der Waals surface area contributed by atoms with Gasteiger partial charge in [-0.1, -0.05) is 64.7 Å². The third-order valence-electron chi connectivity index (χ3n) is 2.79. The van der Waals surface area contributed by atoms with Crippen molar-refractivity contribution in [3.8, 4) is 0 Å². The first kappa shape index (κ1) is 14.5. The molecule has 0 aliphatic heterocycles. The van der Waals surface area contributed by atoms with Gasteiger partial charge in [0.15, 0.2) is 0 Å². The SMILES string of the molecule is [CH]=C(O)CCCCCCCCCCCC. The van der Waals surface area contributed by atoms with E-state index in [1.807, 2.05) is 0 Å². The Morgan fingerprint density at radius 1 is 0.800 bits per heavy atom. The highest BCUT2D eigenvalue weighted by Gasteiger charge is 1.93. The molecule has 0 spiro atoms. The van der Waals surface area contributed by atoms with Crippen LogP contribution in [0.15, 0.2) is 5.76 Å². The molecule has 0 saturated heterocycles. The van der Waals surface area contributed by atoms with Crippen LogP contribution in [0.4, 0.5) is 0 Å². The van der Waals surface area contributed by atoms with Gasteiger partial charge in [-0.25, -0.2) is 0 Å². The summed E-state index contributed by atoms with van der Waals surface area (Å²) >= 11 is 0. The van der Waals surface area contributed by atoms with Gasteiger partial charge >= 0.3 is 0 Å². The van der Waals surface area contributed by atoms with Crippen molar-refractivity contribution in [1.29, 1.82) is 0 Å². The maximum atomic E-state index is 8.77. The summed E-state index contributed by atoms with van der Waals surface area (Å²) in [7, 11) is 0. The zero-order valence-electron chi connectivity index (χ0n) is 10.3. The van der Waals surface area contributed by atoms with Crippen LogP contribution in [0.2, 0.25) is 0 Å². The topological polar surface area (TPSA) is 20.2 Å². The van der Waals surface area contributed by atoms with Gasteiger partial charge in [-0.15, -0.1) is 0 Å². The van der Waals surface area contributed by atoms with E-state index in [0.717, 1.165) is 6.42 Å². The lowest BCUT2D eigenvalue weighted by molar-refractivity contribution is 0.381. The molecule has 0 aromatic heterocycles. The van der Waals surface area contributed by atoms with Crippen molar-refractivity contribution in [2.24, 2.45) is 0 Å². The highest BCUT2D eigenvalue weighted by molar-refractivity contribution is 4.73. The molecule has 0 rings (SSSR count). The summed E-state index contributed by atoms with van der Waals surface area (Å²) in [5, 5.41) is 8.77. The number of allylic oxidation sites excluding steroid dienone is 1. The first-order valence-electron chi connectivity index (χ1n) is 6.57. The zero-order chi connectivity index (χ0) is 11.4. The van der Waals surface area contributed by atoms with Crippen LogP contribution >= 0.6 is 0 Å². The molecule has 1 radical (unpaired) electrons. The molecule has 0 aliphatic carbocycles. The molecule has 0 amide bonds. The molecule has 0 heterocycles. The standard InChI is InChI=1S/C14H27O/c1-3-4-5-6-7-8-9-10-11-12-13-14(2)15/h2,15H,3-13H2,1H3. The average Bonchev–Trinajstić information content (AvgIpc) is 2.20. The Labute approximate surface area is 95.6 Å². The zero-order valence-corrected chi connectivity index (χ0v) is 10.3. The van der Waals surface area contributed by atoms with E-state index in [0.29, 0.717) is 6.42 Å². The lowest BCUT2D eigenvalue weighted by atomic mass is 10.1. The number of hydrogen-bond donors (Lipinski definition) is 1. The van der Waals surface area contributed by atoms with E-state index in [-0.39, 0.29) is 5.76 Å². The second-order valence-corrected chi connectivity index (χ2v) is 4.42. The quantitative estimate of drug-likeness (QED) is 0.369. The van der Waals surface area contributed by atoms with E-state index in [9.17, 15) is 0 Å². The molecule has 1 N–H and O–H groups in total. The first-order chi connectivity index (χ1) is 7.27. The average molecular weight is 211 g/mol. The lowest BCUT2D eigenvalue weighted by Gasteiger charge is -2.01. The molecule has 0 atom stereocenters. The van der Waals surface area contributed by atoms with Crippen molar-refractivity contribution >= 4 is 0 Å². The molecular weight excluding hydrogens is 184 g/mol. The fourth-order valence-electron chi connectivity index (χ4n) is 1.79. The van der Waals surface area contributed by atoms with Gasteiger partial charge in [0.05, 0.1) is 5.76 Å². The maximum absolute atomic E-state index is 8.77. The number of rotatable bonds is 11. The highest BCUT2D eigenvalue weighted by Crippen LogP contribution is 2.11. The normalized spacial score (nSPS) is 10.5. The van der Waals surface area contributed by atoms with Gasteiger partial charge in [0.2, 0.25) is 0 Å². The number of aliphatic hydroxyl groups excluding tert-OH is 1. The van der Waals surface area contributed by atoms with Gasteiger partial charge in [0.25, 0.3) is 0 Å². The van der Waals surface area contributed by atoms with E-state index in [4.69, 9.17) is 11.7 Å². The smallest absolute Gasteiger partial charge is 0.0923 e. The summed E-state index contributed by atoms with van der Waals surface area (Å²) in [6.45, 7) is 7.43. The van der Waals surface area contributed by atoms with Crippen LogP contribution in [-0.2, 0) is 0 Å². The second kappa shape index (κ2) is 11.6. The summed E-state index contributed by atoms with van der Waals surface area (Å²) < 4.78 is 0. The molecule has 0 bridgehead atoms. The minimum atomic E-state index is 0.0922. The van der Waals surface area contributed by atoms with Crippen molar-refractivity contribution < 1.29 is 5.11 Å². The van der Waals surface area contributed by atoms with E-state index in [1.165, 1.54) is 57.8 Å². The fraction of sp³-hybridized carbons (Fsp3) is 0.857. The molecule has 0 saturated carbocycles. The fourth-order valence-corrected chi connectivity index (χ4v) is 1.79. The predicted molar refractivity (Wildman–Crippen MR) is 66.9 cm³/mol. The Kier molecular flexibility index (Phi) is 11.3. The van der Waals surface area contributed by atoms with Crippen LogP contribution in [0.1, 0.15) is 77.6 Å². The summed E-state index contributed by atoms with van der Waals surface area (Å²) in [6.07, 6.45) is 13.9. The molecule has 0 unspecified atom stereocenters. The first-order valence-corrected chi connectivity index (χ1v) is 6.57. The van der Waals surface area contributed by atoms with Gasteiger partial charge in [0.1, 0.15) is 0 Å². The number of hydrogen-bond acceptors (Lipinski definition) is 1. The number of unbranched alkanes of at least 4 members (excludes halogenated alkanes) is 9. The van der Waals surface area contributed by atoms with Crippen molar-refractivity contribution in [3.05, 3.63) is 12.3 Å². The van der Waals surface area contributed by atoms with Crippen LogP contribution in [0, 0.1) is 6.58 Å². The molecule has 0 fully saturated rings. The summed E-state index contributed by atoms with van der Waals surface area (Å²) in [5.74, 6) is 0.0922. The minimum Gasteiger partial charge on any atom is -0.512 e. The Bertz CT molecular complexity index is 140. The third kappa shape index (κ3) is 13.5. The Morgan fingerprint density at radius 2 is 1.20 bits per heavy atom. The summed E-state index contributed by atoms with van der Waals surface area (Å²) in [5.41, 5.74) is 0. The molecular formula is C14H27O. The van der Waals surface area contributed by atoms with Crippen LogP contribution in [0.25, 0.3) is 0 Å². The molecule has 1 nitrogen and oxygen atoms in total. The van der Waals surface area contributed by atoms with Gasteiger partial charge < -0.3 is 5.11 Å². The third-order valence-corrected chi connectivity index (χ3v) is 2.79. The van der Waals surface area contributed by atoms with Crippen molar-refractivity contribution in [3.63, 3.8) is 0 Å². The van der Waals surface area contributed by atoms with Crippen LogP contribution in [0.3, 0.4) is 0 Å². The van der Waals surface area contributed by atoms with E-state index >= 15 is 0 Å². The minimum absolute atomic E-state index is 0.0922. The molecule has 1 heteroatoms. The highest BCUT2D eigenvalue weighted by atomic mass is 16.3. The monoisotopic (exact) mass is 211 g/mol. The second-order valence-electron chi connectivity index (χ2n) is 4.42. The van der Waals surface area contributed by atoms with E-state index < -0.39 is 0 Å². The molecule has 0 aromatic rings. The van der Waals surface area contributed by atoms with E-state index in [2.05, 4.69) is 6.92 Å². The Hall–Kier alpha value is -0.460. The van der Waals surface area contributed by atoms with Crippen molar-refractivity contribution in [2.75, 3.05) is 0 Å². The van der Waals surface area contributed by atoms with Crippen molar-refractivity contribution in [1.82, 2.24) is 0 Å². The van der Waals surface area contributed by atoms with Crippen molar-refractivity contribution in [2.45, 2.75) is 77.6 Å². The molecule has 0 aromatic carbocycles. The molecule has 89 valence electrons.